The maximum absolute atomic E-state index is 11.3. The number of phenols is 1. The van der Waals surface area contributed by atoms with Crippen LogP contribution in [0.1, 0.15) is 0 Å². The molecule has 0 atom stereocenters. The van der Waals surface area contributed by atoms with Crippen LogP contribution in [0.4, 0.5) is 5.69 Å². The predicted molar refractivity (Wildman–Crippen MR) is 71.6 cm³/mol. The number of para-hydroxylation sites is 2. The Bertz CT molecular complexity index is 575. The second-order valence-electron chi connectivity index (χ2n) is 3.57. The number of nitrogens with one attached hydrogen (secondary N) is 1. The molecule has 0 spiro atoms. The third-order valence-electron chi connectivity index (χ3n) is 2.30. The van der Waals surface area contributed by atoms with Crippen LogP contribution in [-0.4, -0.2) is 16.6 Å². The topological polar surface area (TPSA) is 61.7 Å². The van der Waals surface area contributed by atoms with Gasteiger partial charge in [0, 0.05) is 29.2 Å². The molecule has 0 saturated carbocycles. The number of ketones is 1. The molecule has 99 valence electrons. The number of allylic oxidation sites excluding steroid dienone is 4. The molecular weight excluding hydrogens is 287 g/mol. The number of benzene rings is 1. The molecule has 0 fully saturated rings. The quantitative estimate of drug-likeness (QED) is 0.665. The molecule has 0 unspecified atom stereocenters. The van der Waals surface area contributed by atoms with Gasteiger partial charge in [-0.05, 0) is 24.3 Å². The van der Waals surface area contributed by atoms with Gasteiger partial charge < -0.3 is 10.4 Å². The van der Waals surface area contributed by atoms with E-state index in [1.54, 1.807) is 48.7 Å². The van der Waals surface area contributed by atoms with Gasteiger partial charge in [-0.2, -0.15) is 0 Å². The molecule has 19 heavy (non-hydrogen) atoms. The predicted octanol–water partition coefficient (Wildman–Crippen LogP) is 2.41. The van der Waals surface area contributed by atoms with Gasteiger partial charge in [0.1, 0.15) is 11.5 Å². The molecule has 5 heteroatoms. The number of carbonyl (C=O) groups is 1. The Morgan fingerprint density at radius 2 is 1.89 bits per heavy atom. The van der Waals surface area contributed by atoms with E-state index in [-0.39, 0.29) is 28.3 Å². The number of rotatable bonds is 3. The number of hydrogen-bond acceptors (Lipinski definition) is 4. The molecule has 1 aromatic carbocycles. The first-order valence-electron chi connectivity index (χ1n) is 5.44. The van der Waals surface area contributed by atoms with Crippen molar-refractivity contribution < 1.29 is 26.7 Å². The van der Waals surface area contributed by atoms with Crippen LogP contribution in [0.3, 0.4) is 0 Å². The van der Waals surface area contributed by atoms with Crippen molar-refractivity contribution in [1.82, 2.24) is 0 Å². The molecule has 1 aliphatic rings. The average molecular weight is 299 g/mol. The van der Waals surface area contributed by atoms with E-state index in [1.165, 1.54) is 12.3 Å². The summed E-state index contributed by atoms with van der Waals surface area (Å²) in [6.07, 6.45) is 9.57. The summed E-state index contributed by atoms with van der Waals surface area (Å²) in [5.74, 6) is 0.0380. The van der Waals surface area contributed by atoms with E-state index in [9.17, 15) is 9.90 Å². The molecule has 0 aliphatic heterocycles. The van der Waals surface area contributed by atoms with E-state index in [2.05, 4.69) is 10.3 Å². The third-order valence-corrected chi connectivity index (χ3v) is 2.30. The van der Waals surface area contributed by atoms with Gasteiger partial charge in [0.15, 0.2) is 0 Å². The van der Waals surface area contributed by atoms with Crippen LogP contribution in [-0.2, 0) is 21.6 Å². The molecule has 2 N–H and O–H groups in total. The summed E-state index contributed by atoms with van der Waals surface area (Å²) in [7, 11) is 0. The monoisotopic (exact) mass is 299 g/mol. The molecule has 4 nitrogen and oxygen atoms in total. The van der Waals surface area contributed by atoms with Gasteiger partial charge >= 0.3 is 0 Å². The molecular formula is C14H12CoN2O2. The van der Waals surface area contributed by atoms with Gasteiger partial charge in [-0.1, -0.05) is 24.3 Å². The molecule has 1 aliphatic carbocycles. The van der Waals surface area contributed by atoms with E-state index in [4.69, 9.17) is 0 Å². The maximum atomic E-state index is 11.3. The van der Waals surface area contributed by atoms with Crippen LogP contribution in [0.5, 0.6) is 5.75 Å². The second-order valence-corrected chi connectivity index (χ2v) is 3.57. The zero-order chi connectivity index (χ0) is 12.8. The van der Waals surface area contributed by atoms with Crippen molar-refractivity contribution in [2.75, 3.05) is 5.32 Å². The first kappa shape index (κ1) is 14.9. The number of aromatic hydroxyl groups is 1. The van der Waals surface area contributed by atoms with Crippen LogP contribution >= 0.6 is 0 Å². The average Bonchev–Trinajstić information content (AvgIpc) is 2.38. The van der Waals surface area contributed by atoms with Gasteiger partial charge in [-0.25, -0.2) is 0 Å². The first-order valence-corrected chi connectivity index (χ1v) is 5.44. The van der Waals surface area contributed by atoms with E-state index < -0.39 is 0 Å². The van der Waals surface area contributed by atoms with E-state index >= 15 is 0 Å². The Morgan fingerprint density at radius 1 is 1.16 bits per heavy atom. The number of aliphatic imine (C=N–C) groups is 1. The van der Waals surface area contributed by atoms with Crippen molar-refractivity contribution in [2.24, 2.45) is 4.99 Å². The zero-order valence-corrected chi connectivity index (χ0v) is 11.0. The van der Waals surface area contributed by atoms with Crippen LogP contribution in [0.25, 0.3) is 0 Å². The van der Waals surface area contributed by atoms with Crippen LogP contribution < -0.4 is 5.32 Å². The van der Waals surface area contributed by atoms with Gasteiger partial charge in [-0.15, -0.1) is 0 Å². The van der Waals surface area contributed by atoms with E-state index in [0.29, 0.717) is 11.4 Å². The van der Waals surface area contributed by atoms with Crippen molar-refractivity contribution >= 4 is 17.2 Å². The minimum Gasteiger partial charge on any atom is -0.506 e. The van der Waals surface area contributed by atoms with Crippen LogP contribution in [0.2, 0.25) is 0 Å². The molecule has 0 aromatic heterocycles. The summed E-state index contributed by atoms with van der Waals surface area (Å²) in [6.45, 7) is 0. The smallest absolute Gasteiger partial charge is 0.204 e. The van der Waals surface area contributed by atoms with Gasteiger partial charge in [0.05, 0.1) is 5.69 Å². The maximum Gasteiger partial charge on any atom is 0.204 e. The summed E-state index contributed by atoms with van der Waals surface area (Å²) in [4.78, 5) is 15.4. The van der Waals surface area contributed by atoms with Crippen molar-refractivity contribution in [3.63, 3.8) is 0 Å². The number of carbonyl (C=O) groups excluding carboxylic acids is 1. The number of phenolic OH excluding ortho intramolecular Hbond substituents is 1. The van der Waals surface area contributed by atoms with E-state index in [1.807, 2.05) is 0 Å². The van der Waals surface area contributed by atoms with Crippen molar-refractivity contribution in [3.05, 3.63) is 61.0 Å². The van der Waals surface area contributed by atoms with Crippen molar-refractivity contribution in [3.8, 4) is 5.75 Å². The van der Waals surface area contributed by atoms with Crippen LogP contribution in [0, 0.1) is 0 Å². The number of anilines is 1. The summed E-state index contributed by atoms with van der Waals surface area (Å²) < 4.78 is 0. The van der Waals surface area contributed by atoms with Crippen molar-refractivity contribution in [2.45, 2.75) is 0 Å². The van der Waals surface area contributed by atoms with Gasteiger partial charge in [-0.3, -0.25) is 9.79 Å². The Hall–Kier alpha value is -2.11. The summed E-state index contributed by atoms with van der Waals surface area (Å²) in [5.41, 5.74) is 0.965. The van der Waals surface area contributed by atoms with E-state index in [0.717, 1.165) is 0 Å². The second kappa shape index (κ2) is 7.35. The molecule has 0 bridgehead atoms. The molecule has 1 aromatic rings. The minimum absolute atomic E-state index is 0. The molecule has 0 saturated heterocycles. The Labute approximate surface area is 121 Å². The number of hydrogen-bond donors (Lipinski definition) is 2. The zero-order valence-electron chi connectivity index (χ0n) is 9.91. The molecule has 1 radical (unpaired) electrons. The van der Waals surface area contributed by atoms with Crippen LogP contribution in [0.15, 0.2) is 66.0 Å². The van der Waals surface area contributed by atoms with Gasteiger partial charge in [0.2, 0.25) is 5.78 Å². The standard InChI is InChI=1S/C14H12N2O2.Co/c17-13-7-3-1-5-11(13)15-9-10-16-12-6-2-4-8-14(12)18;/h1-10,15,17H;/b10-9-,16-12?;. The normalized spacial score (nSPS) is 15.8. The van der Waals surface area contributed by atoms with Crippen molar-refractivity contribution in [1.29, 1.82) is 0 Å². The summed E-state index contributed by atoms with van der Waals surface area (Å²) >= 11 is 0. The summed E-state index contributed by atoms with van der Waals surface area (Å²) in [5, 5.41) is 12.4. The third kappa shape index (κ3) is 4.24. The minimum atomic E-state index is -0.121. The number of nitrogens with zero attached hydrogens (tertiary/aromatic N) is 1. The Balaban J connectivity index is 0.00000180. The molecule has 2 rings (SSSR count). The fraction of sp³-hybridized carbons (Fsp3) is 0. The fourth-order valence-corrected chi connectivity index (χ4v) is 1.40. The SMILES string of the molecule is O=C1C=CC=CC1=N/C=C\Nc1ccccc1O.[Co]. The molecule has 0 amide bonds. The largest absolute Gasteiger partial charge is 0.506 e. The first-order chi connectivity index (χ1) is 8.77. The fourth-order valence-electron chi connectivity index (χ4n) is 1.40. The molecule has 0 heterocycles. The Kier molecular flexibility index (Phi) is 5.78. The Morgan fingerprint density at radius 3 is 2.63 bits per heavy atom. The van der Waals surface area contributed by atoms with Gasteiger partial charge in [0.25, 0.3) is 0 Å². The summed E-state index contributed by atoms with van der Waals surface area (Å²) in [6, 6.07) is 6.86.